The van der Waals surface area contributed by atoms with Crippen molar-refractivity contribution in [2.24, 2.45) is 5.41 Å². The Morgan fingerprint density at radius 3 is 2.76 bits per heavy atom. The quantitative estimate of drug-likeness (QED) is 0.571. The number of rotatable bonds is 6. The number of aryl methyl sites for hydroxylation is 1. The summed E-state index contributed by atoms with van der Waals surface area (Å²) in [6.45, 7) is 4.05. The molecule has 1 N–H and O–H groups in total. The van der Waals surface area contributed by atoms with E-state index < -0.39 is 9.84 Å². The van der Waals surface area contributed by atoms with Crippen LogP contribution in [0.1, 0.15) is 35.1 Å². The van der Waals surface area contributed by atoms with E-state index in [0.29, 0.717) is 35.1 Å². The Morgan fingerprint density at radius 1 is 1.15 bits per heavy atom. The highest BCUT2D eigenvalue weighted by molar-refractivity contribution is 7.90. The monoisotopic (exact) mass is 478 g/mol. The van der Waals surface area contributed by atoms with Crippen molar-refractivity contribution in [1.29, 1.82) is 0 Å². The van der Waals surface area contributed by atoms with Crippen LogP contribution >= 0.6 is 0 Å². The summed E-state index contributed by atoms with van der Waals surface area (Å²) in [7, 11) is -3.37. The molecule has 0 saturated carbocycles. The van der Waals surface area contributed by atoms with E-state index >= 15 is 0 Å². The second kappa shape index (κ2) is 8.07. The second-order valence-corrected chi connectivity index (χ2v) is 11.6. The Kier molecular flexibility index (Phi) is 5.12. The van der Waals surface area contributed by atoms with Crippen LogP contribution in [0.2, 0.25) is 0 Å². The zero-order valence-electron chi connectivity index (χ0n) is 18.9. The molecule has 1 spiro atoms. The van der Waals surface area contributed by atoms with Crippen LogP contribution < -0.4 is 5.32 Å². The van der Waals surface area contributed by atoms with Crippen LogP contribution in [0.5, 0.6) is 0 Å². The predicted octanol–water partition coefficient (Wildman–Crippen LogP) is 2.32. The van der Waals surface area contributed by atoms with Crippen molar-refractivity contribution in [2.75, 3.05) is 37.9 Å². The largest absolute Gasteiger partial charge is 0.380 e. The highest BCUT2D eigenvalue weighted by Crippen LogP contribution is 2.46. The lowest BCUT2D eigenvalue weighted by atomic mass is 9.76. The number of sulfone groups is 1. The lowest BCUT2D eigenvalue weighted by molar-refractivity contribution is -0.198. The lowest BCUT2D eigenvalue weighted by Gasteiger charge is -2.57. The maximum Gasteiger partial charge on any atom is 0.177 e. The minimum absolute atomic E-state index is 0.218. The third-order valence-electron chi connectivity index (χ3n) is 6.93. The lowest BCUT2D eigenvalue weighted by Crippen LogP contribution is -2.66. The number of aromatic nitrogens is 4. The summed E-state index contributed by atoms with van der Waals surface area (Å²) in [5, 5.41) is 3.28. The maximum atomic E-state index is 12.1. The van der Waals surface area contributed by atoms with Gasteiger partial charge in [-0.2, -0.15) is 0 Å². The molecule has 2 fully saturated rings. The van der Waals surface area contributed by atoms with Crippen molar-refractivity contribution in [2.45, 2.75) is 30.2 Å². The van der Waals surface area contributed by atoms with Crippen molar-refractivity contribution in [3.8, 4) is 0 Å². The van der Waals surface area contributed by atoms with E-state index in [1.165, 1.54) is 18.1 Å². The topological polar surface area (TPSA) is 110 Å². The zero-order chi connectivity index (χ0) is 23.3. The molecule has 9 nitrogen and oxygen atoms in total. The molecular formula is C24H26N6O3S. The molecule has 1 atom stereocenters. The van der Waals surface area contributed by atoms with Gasteiger partial charge in [-0.25, -0.2) is 23.4 Å². The fraction of sp³-hybridized carbons (Fsp3) is 0.417. The van der Waals surface area contributed by atoms with Crippen molar-refractivity contribution < 1.29 is 13.2 Å². The molecule has 3 aromatic rings. The fourth-order valence-corrected chi connectivity index (χ4v) is 6.14. The summed E-state index contributed by atoms with van der Waals surface area (Å²) in [5.74, 6) is 1.35. The van der Waals surface area contributed by atoms with E-state index in [4.69, 9.17) is 9.72 Å². The van der Waals surface area contributed by atoms with Gasteiger partial charge in [0.05, 0.1) is 29.5 Å². The van der Waals surface area contributed by atoms with Crippen LogP contribution in [0, 0.1) is 5.41 Å². The van der Waals surface area contributed by atoms with Gasteiger partial charge >= 0.3 is 0 Å². The smallest absolute Gasteiger partial charge is 0.177 e. The molecule has 3 aromatic heterocycles. The summed E-state index contributed by atoms with van der Waals surface area (Å²) in [5.41, 5.74) is 4.03. The van der Waals surface area contributed by atoms with Gasteiger partial charge in [-0.05, 0) is 36.6 Å². The first-order valence-corrected chi connectivity index (χ1v) is 13.3. The molecule has 2 aliphatic heterocycles. The van der Waals surface area contributed by atoms with Crippen LogP contribution in [0.3, 0.4) is 0 Å². The Bertz CT molecular complexity index is 1350. The molecule has 6 rings (SSSR count). The number of fused-ring (bicyclic) bond motifs is 1. The molecule has 2 saturated heterocycles. The minimum Gasteiger partial charge on any atom is -0.380 e. The van der Waals surface area contributed by atoms with Gasteiger partial charge in [-0.15, -0.1) is 0 Å². The summed E-state index contributed by atoms with van der Waals surface area (Å²) in [6.07, 6.45) is 6.61. The summed E-state index contributed by atoms with van der Waals surface area (Å²) >= 11 is 0. The van der Waals surface area contributed by atoms with E-state index in [-0.39, 0.29) is 4.90 Å². The SMILES string of the molecule is CS(=O)(=O)c1cccnc1Cc1cc(Nc2ccc3c(n2)CC[C@@H]3N2CC3(COC3)C2)ncn1. The molecule has 0 radical (unpaired) electrons. The zero-order valence-corrected chi connectivity index (χ0v) is 19.8. The first-order chi connectivity index (χ1) is 16.4. The van der Waals surface area contributed by atoms with Crippen LogP contribution in [-0.4, -0.2) is 65.8 Å². The van der Waals surface area contributed by atoms with Crippen LogP contribution in [0.4, 0.5) is 11.6 Å². The van der Waals surface area contributed by atoms with Crippen molar-refractivity contribution in [3.63, 3.8) is 0 Å². The van der Waals surface area contributed by atoms with Crippen LogP contribution in [0.15, 0.2) is 47.8 Å². The van der Waals surface area contributed by atoms with E-state index in [9.17, 15) is 8.42 Å². The number of anilines is 2. The molecule has 0 amide bonds. The van der Waals surface area contributed by atoms with Crippen molar-refractivity contribution in [1.82, 2.24) is 24.8 Å². The molecule has 10 heteroatoms. The average molecular weight is 479 g/mol. The third kappa shape index (κ3) is 3.95. The number of likely N-dealkylation sites (tertiary alicyclic amines) is 1. The molecule has 1 aliphatic carbocycles. The number of nitrogens with zero attached hydrogens (tertiary/aromatic N) is 5. The summed E-state index contributed by atoms with van der Waals surface area (Å²) in [6, 6.07) is 9.63. The van der Waals surface area contributed by atoms with Gasteiger partial charge in [0, 0.05) is 55.2 Å². The molecular weight excluding hydrogens is 452 g/mol. The Labute approximate surface area is 198 Å². The molecule has 5 heterocycles. The number of ether oxygens (including phenoxy) is 1. The predicted molar refractivity (Wildman–Crippen MR) is 126 cm³/mol. The third-order valence-corrected chi connectivity index (χ3v) is 8.10. The normalized spacial score (nSPS) is 21.0. The fourth-order valence-electron chi connectivity index (χ4n) is 5.26. The molecule has 0 bridgehead atoms. The molecule has 0 aromatic carbocycles. The highest BCUT2D eigenvalue weighted by atomic mass is 32.2. The van der Waals surface area contributed by atoms with Gasteiger partial charge in [-0.1, -0.05) is 6.07 Å². The molecule has 176 valence electrons. The average Bonchev–Trinajstić information content (AvgIpc) is 3.15. The van der Waals surface area contributed by atoms with Gasteiger partial charge in [0.15, 0.2) is 9.84 Å². The first-order valence-electron chi connectivity index (χ1n) is 11.4. The van der Waals surface area contributed by atoms with Gasteiger partial charge < -0.3 is 10.1 Å². The Balaban J connectivity index is 1.16. The second-order valence-electron chi connectivity index (χ2n) is 9.60. The Morgan fingerprint density at radius 2 is 2.00 bits per heavy atom. The van der Waals surface area contributed by atoms with Crippen LogP contribution in [0.25, 0.3) is 0 Å². The van der Waals surface area contributed by atoms with Gasteiger partial charge in [-0.3, -0.25) is 9.88 Å². The standard InChI is InChI=1S/C24H26N6O3S/c1-34(31,32)21-3-2-8-25-19(21)9-16-10-23(27-15-26-16)29-22-7-4-17-18(28-22)5-6-20(17)30-11-24(12-30)13-33-14-24/h2-4,7-8,10,15,20H,5-6,9,11-14H2,1H3,(H,26,27,28,29)/t20-/m0/s1. The van der Waals surface area contributed by atoms with E-state index in [0.717, 1.165) is 50.7 Å². The maximum absolute atomic E-state index is 12.1. The summed E-state index contributed by atoms with van der Waals surface area (Å²) < 4.78 is 29.6. The molecule has 3 aliphatic rings. The number of nitrogens with one attached hydrogen (secondary N) is 1. The summed E-state index contributed by atoms with van der Waals surface area (Å²) in [4.78, 5) is 20.5. The number of hydrogen-bond donors (Lipinski definition) is 1. The van der Waals surface area contributed by atoms with Gasteiger partial charge in [0.2, 0.25) is 0 Å². The molecule has 0 unspecified atom stereocenters. The van der Waals surface area contributed by atoms with E-state index in [2.05, 4.69) is 31.2 Å². The molecule has 34 heavy (non-hydrogen) atoms. The highest BCUT2D eigenvalue weighted by Gasteiger charge is 2.51. The minimum atomic E-state index is -3.37. The van der Waals surface area contributed by atoms with Crippen molar-refractivity contribution >= 4 is 21.5 Å². The Hall–Kier alpha value is -2.95. The van der Waals surface area contributed by atoms with Gasteiger partial charge in [0.1, 0.15) is 18.0 Å². The number of pyridine rings is 2. The van der Waals surface area contributed by atoms with E-state index in [1.54, 1.807) is 24.4 Å². The van der Waals surface area contributed by atoms with E-state index in [1.807, 2.05) is 6.07 Å². The first kappa shape index (κ1) is 21.6. The van der Waals surface area contributed by atoms with Crippen LogP contribution in [-0.2, 0) is 27.4 Å². The van der Waals surface area contributed by atoms with Gasteiger partial charge in [0.25, 0.3) is 0 Å². The number of hydrogen-bond acceptors (Lipinski definition) is 9. The van der Waals surface area contributed by atoms with Crippen molar-refractivity contribution in [3.05, 3.63) is 65.5 Å².